The molecule has 0 spiro atoms. The smallest absolute Gasteiger partial charge is 0.339 e. The summed E-state index contributed by atoms with van der Waals surface area (Å²) >= 11 is 0. The molecule has 0 fully saturated rings. The monoisotopic (exact) mass is 210 g/mol. The number of carboxylic acid groups (broad SMARTS) is 1. The number of hydrogen-bond acceptors (Lipinski definition) is 2. The van der Waals surface area contributed by atoms with Gasteiger partial charge >= 0.3 is 5.97 Å². The standard InChI is InChI=1S/C11H18N2O2/c1-7(2)5-10-9(11(14)15)6-13(12-10)8(3)4/h6-8H,5H2,1-4H3,(H,14,15). The lowest BCUT2D eigenvalue weighted by atomic mass is 10.1. The van der Waals surface area contributed by atoms with Crippen LogP contribution in [0.3, 0.4) is 0 Å². The van der Waals surface area contributed by atoms with Crippen molar-refractivity contribution in [1.82, 2.24) is 9.78 Å². The fourth-order valence-corrected chi connectivity index (χ4v) is 1.41. The van der Waals surface area contributed by atoms with Crippen molar-refractivity contribution in [3.8, 4) is 0 Å². The first-order valence-electron chi connectivity index (χ1n) is 5.23. The van der Waals surface area contributed by atoms with Crippen LogP contribution in [0.5, 0.6) is 0 Å². The highest BCUT2D eigenvalue weighted by Crippen LogP contribution is 2.15. The van der Waals surface area contributed by atoms with Crippen LogP contribution in [-0.2, 0) is 6.42 Å². The molecule has 1 aromatic heterocycles. The third kappa shape index (κ3) is 2.81. The van der Waals surface area contributed by atoms with Crippen molar-refractivity contribution < 1.29 is 9.90 Å². The summed E-state index contributed by atoms with van der Waals surface area (Å²) < 4.78 is 1.71. The summed E-state index contributed by atoms with van der Waals surface area (Å²) in [6.45, 7) is 8.08. The van der Waals surface area contributed by atoms with Crippen molar-refractivity contribution in [2.75, 3.05) is 0 Å². The van der Waals surface area contributed by atoms with Gasteiger partial charge in [0.1, 0.15) is 5.56 Å². The fourth-order valence-electron chi connectivity index (χ4n) is 1.41. The Labute approximate surface area is 89.9 Å². The van der Waals surface area contributed by atoms with Gasteiger partial charge in [-0.15, -0.1) is 0 Å². The van der Waals surface area contributed by atoms with Crippen molar-refractivity contribution in [3.05, 3.63) is 17.5 Å². The number of carboxylic acids is 1. The summed E-state index contributed by atoms with van der Waals surface area (Å²) in [5.41, 5.74) is 1.02. The molecule has 0 aliphatic rings. The maximum Gasteiger partial charge on any atom is 0.339 e. The van der Waals surface area contributed by atoms with Crippen LogP contribution in [0.2, 0.25) is 0 Å². The van der Waals surface area contributed by atoms with E-state index >= 15 is 0 Å². The highest BCUT2D eigenvalue weighted by atomic mass is 16.4. The molecule has 4 nitrogen and oxygen atoms in total. The van der Waals surface area contributed by atoms with Gasteiger partial charge in [0.05, 0.1) is 5.69 Å². The second-order valence-corrected chi connectivity index (χ2v) is 4.47. The molecule has 1 aromatic rings. The van der Waals surface area contributed by atoms with E-state index in [0.29, 0.717) is 23.6 Å². The number of nitrogens with zero attached hydrogens (tertiary/aromatic N) is 2. The summed E-state index contributed by atoms with van der Waals surface area (Å²) in [6.07, 6.45) is 2.33. The average molecular weight is 210 g/mol. The lowest BCUT2D eigenvalue weighted by Crippen LogP contribution is -2.04. The van der Waals surface area contributed by atoms with E-state index in [9.17, 15) is 4.79 Å². The van der Waals surface area contributed by atoms with Gasteiger partial charge in [-0.05, 0) is 26.2 Å². The average Bonchev–Trinajstić information content (AvgIpc) is 2.46. The number of rotatable bonds is 4. The van der Waals surface area contributed by atoms with Gasteiger partial charge < -0.3 is 5.11 Å². The zero-order valence-electron chi connectivity index (χ0n) is 9.69. The molecule has 0 atom stereocenters. The minimum atomic E-state index is -0.891. The summed E-state index contributed by atoms with van der Waals surface area (Å²) in [5, 5.41) is 13.3. The number of carbonyl (C=O) groups is 1. The molecule has 15 heavy (non-hydrogen) atoms. The molecule has 0 amide bonds. The molecule has 0 radical (unpaired) electrons. The molecular formula is C11H18N2O2. The summed E-state index contributed by atoms with van der Waals surface area (Å²) in [4.78, 5) is 11.0. The van der Waals surface area contributed by atoms with Crippen LogP contribution in [0.4, 0.5) is 0 Å². The maximum absolute atomic E-state index is 11.0. The normalized spacial score (nSPS) is 11.3. The molecule has 0 aromatic carbocycles. The molecule has 1 N–H and O–H groups in total. The molecular weight excluding hydrogens is 192 g/mol. The van der Waals surface area contributed by atoms with E-state index in [4.69, 9.17) is 5.11 Å². The molecule has 1 rings (SSSR count). The summed E-state index contributed by atoms with van der Waals surface area (Å²) in [6, 6.07) is 0.198. The molecule has 0 aliphatic heterocycles. The largest absolute Gasteiger partial charge is 0.478 e. The SMILES string of the molecule is CC(C)Cc1nn(C(C)C)cc1C(=O)O. The highest BCUT2D eigenvalue weighted by Gasteiger charge is 2.17. The minimum Gasteiger partial charge on any atom is -0.478 e. The second kappa shape index (κ2) is 4.47. The third-order valence-corrected chi connectivity index (χ3v) is 2.17. The maximum atomic E-state index is 11.0. The molecule has 0 unspecified atom stereocenters. The van der Waals surface area contributed by atoms with Gasteiger partial charge in [-0.1, -0.05) is 13.8 Å². The van der Waals surface area contributed by atoms with E-state index in [-0.39, 0.29) is 6.04 Å². The number of aromatic carboxylic acids is 1. The third-order valence-electron chi connectivity index (χ3n) is 2.17. The van der Waals surface area contributed by atoms with Gasteiger partial charge in [-0.3, -0.25) is 4.68 Å². The number of aromatic nitrogens is 2. The van der Waals surface area contributed by atoms with Crippen LogP contribution in [0.15, 0.2) is 6.20 Å². The van der Waals surface area contributed by atoms with Gasteiger partial charge in [0.25, 0.3) is 0 Å². The van der Waals surface area contributed by atoms with Gasteiger partial charge in [0, 0.05) is 12.2 Å². The Bertz CT molecular complexity index is 353. The second-order valence-electron chi connectivity index (χ2n) is 4.47. The lowest BCUT2D eigenvalue weighted by molar-refractivity contribution is 0.0695. The Balaban J connectivity index is 3.06. The van der Waals surface area contributed by atoms with Crippen molar-refractivity contribution in [2.45, 2.75) is 40.2 Å². The molecule has 1 heterocycles. The molecule has 84 valence electrons. The van der Waals surface area contributed by atoms with E-state index < -0.39 is 5.97 Å². The fraction of sp³-hybridized carbons (Fsp3) is 0.636. The van der Waals surface area contributed by atoms with Crippen LogP contribution in [0.25, 0.3) is 0 Å². The Morgan fingerprint density at radius 1 is 1.47 bits per heavy atom. The lowest BCUT2D eigenvalue weighted by Gasteiger charge is -2.04. The summed E-state index contributed by atoms with van der Waals surface area (Å²) in [7, 11) is 0. The first-order valence-corrected chi connectivity index (χ1v) is 5.23. The molecule has 0 aliphatic carbocycles. The van der Waals surface area contributed by atoms with Gasteiger partial charge in [-0.25, -0.2) is 4.79 Å². The quantitative estimate of drug-likeness (QED) is 0.830. The van der Waals surface area contributed by atoms with Crippen LogP contribution in [-0.4, -0.2) is 20.9 Å². The molecule has 0 saturated heterocycles. The zero-order valence-corrected chi connectivity index (χ0v) is 9.69. The predicted molar refractivity (Wildman–Crippen MR) is 58.1 cm³/mol. The predicted octanol–water partition coefficient (Wildman–Crippen LogP) is 2.36. The van der Waals surface area contributed by atoms with Crippen LogP contribution in [0.1, 0.15) is 49.8 Å². The van der Waals surface area contributed by atoms with Gasteiger partial charge in [0.2, 0.25) is 0 Å². The van der Waals surface area contributed by atoms with Crippen LogP contribution < -0.4 is 0 Å². The topological polar surface area (TPSA) is 55.1 Å². The van der Waals surface area contributed by atoms with E-state index in [0.717, 1.165) is 0 Å². The highest BCUT2D eigenvalue weighted by molar-refractivity contribution is 5.88. The first kappa shape index (κ1) is 11.8. The van der Waals surface area contributed by atoms with Crippen LogP contribution >= 0.6 is 0 Å². The van der Waals surface area contributed by atoms with Crippen LogP contribution in [0, 0.1) is 5.92 Å². The Kier molecular flexibility index (Phi) is 3.50. The minimum absolute atomic E-state index is 0.198. The first-order chi connectivity index (χ1) is 6.91. The van der Waals surface area contributed by atoms with Crippen molar-refractivity contribution in [2.24, 2.45) is 5.92 Å². The Morgan fingerprint density at radius 2 is 2.07 bits per heavy atom. The van der Waals surface area contributed by atoms with Gasteiger partial charge in [0.15, 0.2) is 0 Å². The molecule has 4 heteroatoms. The molecule has 0 bridgehead atoms. The Hall–Kier alpha value is -1.32. The number of hydrogen-bond donors (Lipinski definition) is 1. The van der Waals surface area contributed by atoms with Crippen molar-refractivity contribution >= 4 is 5.97 Å². The van der Waals surface area contributed by atoms with Crippen molar-refractivity contribution in [3.63, 3.8) is 0 Å². The van der Waals surface area contributed by atoms with E-state index in [1.165, 1.54) is 0 Å². The Morgan fingerprint density at radius 3 is 2.47 bits per heavy atom. The zero-order chi connectivity index (χ0) is 11.6. The van der Waals surface area contributed by atoms with E-state index in [2.05, 4.69) is 18.9 Å². The van der Waals surface area contributed by atoms with Crippen molar-refractivity contribution in [1.29, 1.82) is 0 Å². The molecule has 0 saturated carbocycles. The van der Waals surface area contributed by atoms with Gasteiger partial charge in [-0.2, -0.15) is 5.10 Å². The van der Waals surface area contributed by atoms with E-state index in [1.54, 1.807) is 10.9 Å². The summed E-state index contributed by atoms with van der Waals surface area (Å²) in [5.74, 6) is -0.476. The van der Waals surface area contributed by atoms with E-state index in [1.807, 2.05) is 13.8 Å².